The van der Waals surface area contributed by atoms with E-state index in [9.17, 15) is 9.36 Å². The van der Waals surface area contributed by atoms with Gasteiger partial charge in [0.05, 0.1) is 5.33 Å². The molecule has 0 bridgehead atoms. The van der Waals surface area contributed by atoms with E-state index in [-0.39, 0.29) is 5.33 Å². The first-order valence-corrected chi connectivity index (χ1v) is 4.36. The number of carbonyl (C=O) groups excluding carboxylic acids is 1. The molecule has 0 aromatic rings. The zero-order valence-corrected chi connectivity index (χ0v) is 6.22. The summed E-state index contributed by atoms with van der Waals surface area (Å²) >= 11 is 2.61. The molecule has 8 heavy (non-hydrogen) atoms. The molecule has 2 N–H and O–H groups in total. The highest BCUT2D eigenvalue weighted by Crippen LogP contribution is 2.35. The van der Waals surface area contributed by atoms with Crippen LogP contribution in [-0.4, -0.2) is 20.6 Å². The Morgan fingerprint density at radius 3 is 2.00 bits per heavy atom. The van der Waals surface area contributed by atoms with Crippen LogP contribution in [0, 0.1) is 0 Å². The van der Waals surface area contributed by atoms with Crippen molar-refractivity contribution in [1.82, 2.24) is 0 Å². The van der Waals surface area contributed by atoms with E-state index >= 15 is 0 Å². The van der Waals surface area contributed by atoms with Crippen LogP contribution in [0.4, 0.5) is 0 Å². The van der Waals surface area contributed by atoms with Crippen LogP contribution in [0.15, 0.2) is 0 Å². The fraction of sp³-hybridized carbons (Fsp3) is 0.500. The Morgan fingerprint density at radius 2 is 2.00 bits per heavy atom. The first kappa shape index (κ1) is 8.30. The summed E-state index contributed by atoms with van der Waals surface area (Å²) < 4.78 is 9.88. The van der Waals surface area contributed by atoms with Crippen LogP contribution < -0.4 is 0 Å². The molecule has 0 aliphatic rings. The van der Waals surface area contributed by atoms with Gasteiger partial charge >= 0.3 is 7.60 Å². The van der Waals surface area contributed by atoms with Gasteiger partial charge in [-0.05, 0) is 0 Å². The number of alkyl halides is 1. The van der Waals surface area contributed by atoms with E-state index in [2.05, 4.69) is 15.9 Å². The van der Waals surface area contributed by atoms with Crippen molar-refractivity contribution in [2.75, 3.05) is 5.33 Å². The lowest BCUT2D eigenvalue weighted by molar-refractivity contribution is -0.111. The molecule has 0 saturated heterocycles. The fourth-order valence-corrected chi connectivity index (χ4v) is 1.21. The van der Waals surface area contributed by atoms with Crippen molar-refractivity contribution in [3.8, 4) is 0 Å². The van der Waals surface area contributed by atoms with E-state index in [0.29, 0.717) is 0 Å². The molecular formula is C2H4BrO4P. The predicted octanol–water partition coefficient (Wildman–Crippen LogP) is 0.0856. The molecule has 0 aliphatic carbocycles. The Bertz CT molecular complexity index is 137. The number of halogens is 1. The Morgan fingerprint density at radius 1 is 1.62 bits per heavy atom. The summed E-state index contributed by atoms with van der Waals surface area (Å²) in [6.45, 7) is 0. The molecule has 0 atom stereocenters. The lowest BCUT2D eigenvalue weighted by Crippen LogP contribution is -1.98. The third-order valence-electron chi connectivity index (χ3n) is 0.439. The third kappa shape index (κ3) is 2.57. The molecule has 0 spiro atoms. The second-order valence-corrected chi connectivity index (χ2v) is 3.22. The minimum absolute atomic E-state index is 0.294. The van der Waals surface area contributed by atoms with Crippen LogP contribution >= 0.6 is 23.5 Å². The molecule has 0 fully saturated rings. The van der Waals surface area contributed by atoms with E-state index in [1.54, 1.807) is 0 Å². The molecule has 0 amide bonds. The predicted molar refractivity (Wildman–Crippen MR) is 30.8 cm³/mol. The van der Waals surface area contributed by atoms with E-state index < -0.39 is 13.1 Å². The van der Waals surface area contributed by atoms with Crippen LogP contribution in [0.5, 0.6) is 0 Å². The van der Waals surface area contributed by atoms with E-state index in [1.165, 1.54) is 0 Å². The molecule has 0 unspecified atom stereocenters. The zero-order chi connectivity index (χ0) is 6.78. The average Bonchev–Trinajstić information content (AvgIpc) is 1.62. The molecule has 0 saturated carbocycles. The van der Waals surface area contributed by atoms with Gasteiger partial charge in [0.2, 0.25) is 0 Å². The van der Waals surface area contributed by atoms with Gasteiger partial charge in [0.1, 0.15) is 0 Å². The van der Waals surface area contributed by atoms with Gasteiger partial charge in [-0.1, -0.05) is 15.9 Å². The van der Waals surface area contributed by atoms with Crippen molar-refractivity contribution in [2.45, 2.75) is 0 Å². The van der Waals surface area contributed by atoms with Crippen molar-refractivity contribution in [3.05, 3.63) is 0 Å². The molecule has 0 aromatic heterocycles. The van der Waals surface area contributed by atoms with Gasteiger partial charge in [-0.3, -0.25) is 9.36 Å². The van der Waals surface area contributed by atoms with E-state index in [4.69, 9.17) is 9.79 Å². The molecule has 0 aliphatic heterocycles. The number of rotatable bonds is 2. The maximum atomic E-state index is 10.0. The summed E-state index contributed by atoms with van der Waals surface area (Å²) in [5.41, 5.74) is -1.09. The third-order valence-corrected chi connectivity index (χ3v) is 2.19. The minimum atomic E-state index is -4.44. The molecule has 0 aromatic carbocycles. The SMILES string of the molecule is O=C(CBr)P(=O)(O)O. The first-order valence-electron chi connectivity index (χ1n) is 1.63. The second kappa shape index (κ2) is 2.73. The maximum Gasteiger partial charge on any atom is 0.392 e. The van der Waals surface area contributed by atoms with Gasteiger partial charge in [0, 0.05) is 0 Å². The monoisotopic (exact) mass is 202 g/mol. The van der Waals surface area contributed by atoms with Gasteiger partial charge in [-0.15, -0.1) is 0 Å². The quantitative estimate of drug-likeness (QED) is 0.492. The van der Waals surface area contributed by atoms with Gasteiger partial charge in [-0.25, -0.2) is 0 Å². The lowest BCUT2D eigenvalue weighted by Gasteiger charge is -1.95. The zero-order valence-electron chi connectivity index (χ0n) is 3.74. The summed E-state index contributed by atoms with van der Waals surface area (Å²) in [7, 11) is -4.44. The normalized spacial score (nSPS) is 11.4. The number of carbonyl (C=O) groups is 1. The van der Waals surface area contributed by atoms with Crippen LogP contribution in [0.2, 0.25) is 0 Å². The van der Waals surface area contributed by atoms with Crippen LogP contribution in [0.1, 0.15) is 0 Å². The highest BCUT2D eigenvalue weighted by Gasteiger charge is 2.23. The smallest absolute Gasteiger partial charge is 0.319 e. The fourth-order valence-electron chi connectivity index (χ4n) is 0.0778. The first-order chi connectivity index (χ1) is 3.48. The Hall–Kier alpha value is 0.300. The van der Waals surface area contributed by atoms with E-state index in [1.807, 2.05) is 0 Å². The second-order valence-electron chi connectivity index (χ2n) is 1.07. The van der Waals surface area contributed by atoms with Gasteiger partial charge in [0.15, 0.2) is 0 Å². The van der Waals surface area contributed by atoms with Crippen molar-refractivity contribution < 1.29 is 19.1 Å². The molecule has 48 valence electrons. The van der Waals surface area contributed by atoms with E-state index in [0.717, 1.165) is 0 Å². The molecule has 0 heterocycles. The summed E-state index contributed by atoms with van der Waals surface area (Å²) in [5, 5.41) is -0.294. The minimum Gasteiger partial charge on any atom is -0.319 e. The van der Waals surface area contributed by atoms with Crippen molar-refractivity contribution in [1.29, 1.82) is 0 Å². The van der Waals surface area contributed by atoms with Crippen LogP contribution in [0.25, 0.3) is 0 Å². The molecule has 0 radical (unpaired) electrons. The highest BCUT2D eigenvalue weighted by molar-refractivity contribution is 9.09. The van der Waals surface area contributed by atoms with Gasteiger partial charge in [-0.2, -0.15) is 0 Å². The summed E-state index contributed by atoms with van der Waals surface area (Å²) in [4.78, 5) is 26.1. The molecule has 0 rings (SSSR count). The number of hydrogen-bond acceptors (Lipinski definition) is 2. The molecular weight excluding hydrogens is 199 g/mol. The van der Waals surface area contributed by atoms with Crippen LogP contribution in [-0.2, 0) is 9.36 Å². The van der Waals surface area contributed by atoms with Crippen LogP contribution in [0.3, 0.4) is 0 Å². The Kier molecular flexibility index (Phi) is 2.83. The number of hydrogen-bond donors (Lipinski definition) is 2. The molecule has 6 heteroatoms. The van der Waals surface area contributed by atoms with Gasteiger partial charge in [0.25, 0.3) is 5.52 Å². The van der Waals surface area contributed by atoms with Gasteiger partial charge < -0.3 is 9.79 Å². The maximum absolute atomic E-state index is 10.0. The summed E-state index contributed by atoms with van der Waals surface area (Å²) in [5.74, 6) is 0. The van der Waals surface area contributed by atoms with Crippen molar-refractivity contribution >= 4 is 29.1 Å². The largest absolute Gasteiger partial charge is 0.392 e. The standard InChI is InChI=1S/C2H4BrO4P/c3-1-2(4)8(5,6)7/h1H2,(H2,5,6,7). The lowest BCUT2D eigenvalue weighted by atomic mass is 10.9. The summed E-state index contributed by atoms with van der Waals surface area (Å²) in [6.07, 6.45) is 0. The average molecular weight is 203 g/mol. The highest BCUT2D eigenvalue weighted by atomic mass is 79.9. The summed E-state index contributed by atoms with van der Waals surface area (Å²) in [6, 6.07) is 0. The van der Waals surface area contributed by atoms with Crippen molar-refractivity contribution in [3.63, 3.8) is 0 Å². The Balaban J connectivity index is 4.04. The van der Waals surface area contributed by atoms with Crippen molar-refractivity contribution in [2.24, 2.45) is 0 Å². The topological polar surface area (TPSA) is 74.6 Å². The molecule has 4 nitrogen and oxygen atoms in total. The Labute approximate surface area is 54.2 Å².